The smallest absolute Gasteiger partial charge is 0.489 e. The van der Waals surface area contributed by atoms with E-state index in [0.29, 0.717) is 17.8 Å². The third kappa shape index (κ3) is 3.03. The first-order chi connectivity index (χ1) is 9.50. The third-order valence-electron chi connectivity index (χ3n) is 3.63. The van der Waals surface area contributed by atoms with Crippen LogP contribution in [0.2, 0.25) is 0 Å². The van der Waals surface area contributed by atoms with Crippen molar-refractivity contribution >= 4 is 12.6 Å². The van der Waals surface area contributed by atoms with E-state index in [9.17, 15) is 10.0 Å². The summed E-state index contributed by atoms with van der Waals surface area (Å²) in [6.45, 7) is 6.31. The van der Waals surface area contributed by atoms with Crippen molar-refractivity contribution < 1.29 is 14.8 Å². The Balaban J connectivity index is 2.32. The van der Waals surface area contributed by atoms with Gasteiger partial charge < -0.3 is 14.8 Å². The number of hydrogen-bond acceptors (Lipinski definition) is 3. The summed E-state index contributed by atoms with van der Waals surface area (Å²) < 4.78 is 5.83. The van der Waals surface area contributed by atoms with Gasteiger partial charge >= 0.3 is 7.12 Å². The maximum atomic E-state index is 9.52. The number of aryl methyl sites for hydroxylation is 1. The Morgan fingerprint density at radius 2 is 1.65 bits per heavy atom. The van der Waals surface area contributed by atoms with Crippen molar-refractivity contribution in [3.63, 3.8) is 0 Å². The molecule has 0 unspecified atom stereocenters. The van der Waals surface area contributed by atoms with Gasteiger partial charge in [0.1, 0.15) is 12.4 Å². The predicted molar refractivity (Wildman–Crippen MR) is 81.3 cm³/mol. The second-order valence-corrected chi connectivity index (χ2v) is 5.01. The van der Waals surface area contributed by atoms with Gasteiger partial charge in [-0.3, -0.25) is 0 Å². The van der Waals surface area contributed by atoms with Crippen LogP contribution in [0.1, 0.15) is 22.3 Å². The largest absolute Gasteiger partial charge is 0.492 e. The van der Waals surface area contributed by atoms with Gasteiger partial charge in [0.25, 0.3) is 0 Å². The molecule has 104 valence electrons. The molecule has 0 saturated carbocycles. The summed E-state index contributed by atoms with van der Waals surface area (Å²) in [6, 6.07) is 11.6. The van der Waals surface area contributed by atoms with Crippen molar-refractivity contribution in [2.45, 2.75) is 27.4 Å². The Hall–Kier alpha value is -1.78. The number of hydrogen-bond donors (Lipinski definition) is 2. The SMILES string of the molecule is Cc1cc(B(O)O)c(OCc2ccccc2)c(C)c1C. The van der Waals surface area contributed by atoms with Crippen molar-refractivity contribution in [2.75, 3.05) is 0 Å². The second kappa shape index (κ2) is 6.12. The Morgan fingerprint density at radius 3 is 2.25 bits per heavy atom. The molecular formula is C16H19BO3. The lowest BCUT2D eigenvalue weighted by atomic mass is 9.76. The van der Waals surface area contributed by atoms with Gasteiger partial charge in [0.05, 0.1) is 0 Å². The fourth-order valence-electron chi connectivity index (χ4n) is 2.20. The number of benzene rings is 2. The first-order valence-electron chi connectivity index (χ1n) is 6.64. The molecule has 0 amide bonds. The van der Waals surface area contributed by atoms with Gasteiger partial charge in [-0.15, -0.1) is 0 Å². The molecule has 2 N–H and O–H groups in total. The first-order valence-corrected chi connectivity index (χ1v) is 6.64. The van der Waals surface area contributed by atoms with Gasteiger partial charge in [0.15, 0.2) is 0 Å². The zero-order valence-corrected chi connectivity index (χ0v) is 12.1. The van der Waals surface area contributed by atoms with E-state index in [2.05, 4.69) is 0 Å². The molecule has 0 spiro atoms. The summed E-state index contributed by atoms with van der Waals surface area (Å²) in [5, 5.41) is 19.0. The summed E-state index contributed by atoms with van der Waals surface area (Å²) >= 11 is 0. The van der Waals surface area contributed by atoms with Crippen LogP contribution in [-0.2, 0) is 6.61 Å². The summed E-state index contributed by atoms with van der Waals surface area (Å²) in [7, 11) is -1.53. The van der Waals surface area contributed by atoms with Crippen molar-refractivity contribution in [3.05, 3.63) is 58.7 Å². The Morgan fingerprint density at radius 1 is 1.00 bits per heavy atom. The molecule has 0 aromatic heterocycles. The van der Waals surface area contributed by atoms with Crippen LogP contribution in [0.25, 0.3) is 0 Å². The van der Waals surface area contributed by atoms with E-state index in [1.807, 2.05) is 51.1 Å². The molecule has 0 fully saturated rings. The average Bonchev–Trinajstić information content (AvgIpc) is 2.44. The van der Waals surface area contributed by atoms with Crippen LogP contribution < -0.4 is 10.2 Å². The van der Waals surface area contributed by atoms with Gasteiger partial charge in [-0.2, -0.15) is 0 Å². The lowest BCUT2D eigenvalue weighted by molar-refractivity contribution is 0.304. The molecule has 2 aromatic rings. The highest BCUT2D eigenvalue weighted by atomic mass is 16.5. The molecule has 0 saturated heterocycles. The van der Waals surface area contributed by atoms with E-state index in [-0.39, 0.29) is 0 Å². The molecular weight excluding hydrogens is 251 g/mol. The summed E-state index contributed by atoms with van der Waals surface area (Å²) in [6.07, 6.45) is 0. The van der Waals surface area contributed by atoms with Crippen LogP contribution >= 0.6 is 0 Å². The highest BCUT2D eigenvalue weighted by molar-refractivity contribution is 6.59. The molecule has 3 nitrogen and oxygen atoms in total. The molecule has 4 heteroatoms. The van der Waals surface area contributed by atoms with Crippen LogP contribution in [0.3, 0.4) is 0 Å². The van der Waals surface area contributed by atoms with Crippen molar-refractivity contribution in [3.8, 4) is 5.75 Å². The summed E-state index contributed by atoms with van der Waals surface area (Å²) in [5.41, 5.74) is 4.55. The zero-order valence-electron chi connectivity index (χ0n) is 12.1. The standard InChI is InChI=1S/C16H19BO3/c1-11-9-15(17(18)19)16(13(3)12(11)2)20-10-14-7-5-4-6-8-14/h4-9,18-19H,10H2,1-3H3. The highest BCUT2D eigenvalue weighted by Gasteiger charge is 2.21. The van der Waals surface area contributed by atoms with Gasteiger partial charge in [0.2, 0.25) is 0 Å². The lowest BCUT2D eigenvalue weighted by Crippen LogP contribution is -2.32. The minimum absolute atomic E-state index is 0.407. The van der Waals surface area contributed by atoms with E-state index < -0.39 is 7.12 Å². The van der Waals surface area contributed by atoms with E-state index in [0.717, 1.165) is 22.3 Å². The topological polar surface area (TPSA) is 49.7 Å². The zero-order chi connectivity index (χ0) is 14.7. The van der Waals surface area contributed by atoms with Crippen LogP contribution in [0.15, 0.2) is 36.4 Å². The van der Waals surface area contributed by atoms with Gasteiger partial charge in [-0.25, -0.2) is 0 Å². The maximum Gasteiger partial charge on any atom is 0.492 e. The fraction of sp³-hybridized carbons (Fsp3) is 0.250. The first kappa shape index (κ1) is 14.6. The van der Waals surface area contributed by atoms with Crippen molar-refractivity contribution in [2.24, 2.45) is 0 Å². The van der Waals surface area contributed by atoms with Crippen LogP contribution in [-0.4, -0.2) is 17.2 Å². The molecule has 0 radical (unpaired) electrons. The Kier molecular flexibility index (Phi) is 4.48. The van der Waals surface area contributed by atoms with Gasteiger partial charge in [-0.1, -0.05) is 36.4 Å². The fourth-order valence-corrected chi connectivity index (χ4v) is 2.20. The quantitative estimate of drug-likeness (QED) is 0.834. The molecule has 2 rings (SSSR count). The molecule has 2 aromatic carbocycles. The molecule has 0 aliphatic rings. The highest BCUT2D eigenvalue weighted by Crippen LogP contribution is 2.23. The molecule has 20 heavy (non-hydrogen) atoms. The lowest BCUT2D eigenvalue weighted by Gasteiger charge is -2.17. The van der Waals surface area contributed by atoms with E-state index in [1.54, 1.807) is 6.07 Å². The second-order valence-electron chi connectivity index (χ2n) is 5.01. The van der Waals surface area contributed by atoms with E-state index >= 15 is 0 Å². The molecule has 0 aliphatic carbocycles. The van der Waals surface area contributed by atoms with E-state index in [4.69, 9.17) is 4.74 Å². The molecule has 0 heterocycles. The maximum absolute atomic E-state index is 9.52. The number of rotatable bonds is 4. The predicted octanol–water partition coefficient (Wildman–Crippen LogP) is 1.87. The van der Waals surface area contributed by atoms with E-state index in [1.165, 1.54) is 0 Å². The Labute approximate surface area is 120 Å². The minimum atomic E-state index is -1.53. The Bertz CT molecular complexity index is 594. The average molecular weight is 270 g/mol. The van der Waals surface area contributed by atoms with Gasteiger partial charge in [0, 0.05) is 5.46 Å². The van der Waals surface area contributed by atoms with Crippen LogP contribution in [0.5, 0.6) is 5.75 Å². The molecule has 0 bridgehead atoms. The third-order valence-corrected chi connectivity index (χ3v) is 3.63. The number of ether oxygens (including phenoxy) is 1. The van der Waals surface area contributed by atoms with Crippen molar-refractivity contribution in [1.82, 2.24) is 0 Å². The summed E-state index contributed by atoms with van der Waals surface area (Å²) in [4.78, 5) is 0. The van der Waals surface area contributed by atoms with Crippen LogP contribution in [0.4, 0.5) is 0 Å². The normalized spacial score (nSPS) is 10.4. The summed E-state index contributed by atoms with van der Waals surface area (Å²) in [5.74, 6) is 0.562. The monoisotopic (exact) mass is 270 g/mol. The van der Waals surface area contributed by atoms with Gasteiger partial charge in [-0.05, 0) is 43.0 Å². The van der Waals surface area contributed by atoms with Crippen molar-refractivity contribution in [1.29, 1.82) is 0 Å². The minimum Gasteiger partial charge on any atom is -0.489 e. The van der Waals surface area contributed by atoms with Crippen LogP contribution in [0, 0.1) is 20.8 Å². The molecule has 0 aliphatic heterocycles. The molecule has 0 atom stereocenters.